The highest BCUT2D eigenvalue weighted by atomic mass is 19.4. The molecule has 0 aliphatic heterocycles. The normalized spacial score (nSPS) is 13.3. The predicted molar refractivity (Wildman–Crippen MR) is 74.3 cm³/mol. The molecule has 0 spiro atoms. The molecular weight excluding hydrogens is 317 g/mol. The van der Waals surface area contributed by atoms with Crippen molar-refractivity contribution >= 4 is 11.9 Å². The molecule has 0 saturated carbocycles. The number of carbonyl (C=O) groups excluding carboxylic acids is 1. The van der Waals surface area contributed by atoms with E-state index in [9.17, 15) is 22.8 Å². The molecule has 0 aliphatic carbocycles. The molecule has 1 atom stereocenters. The second-order valence-corrected chi connectivity index (χ2v) is 5.77. The number of halogens is 3. The van der Waals surface area contributed by atoms with Gasteiger partial charge in [0.25, 0.3) is 0 Å². The van der Waals surface area contributed by atoms with Gasteiger partial charge in [0.15, 0.2) is 5.92 Å². The predicted octanol–water partition coefficient (Wildman–Crippen LogP) is 3.28. The molecule has 128 valence electrons. The Kier molecular flexibility index (Phi) is 5.63. The molecule has 0 aromatic heterocycles. The maximum Gasteiger partial charge on any atom is 0.405 e. The standard InChI is InChI=1S/C15H17F3O5/c1-14(2,3)23-10-6-4-9(5-7-10)13(21)22-8-11(12(19)20)15(16,17)18/h4-7,11H,8H2,1-3H3,(H,19,20). The Labute approximate surface area is 131 Å². The highest BCUT2D eigenvalue weighted by Crippen LogP contribution is 2.27. The third kappa shape index (κ3) is 6.17. The van der Waals surface area contributed by atoms with Crippen LogP contribution in [0.25, 0.3) is 0 Å². The topological polar surface area (TPSA) is 72.8 Å². The minimum absolute atomic E-state index is 0.00225. The van der Waals surface area contributed by atoms with Crippen LogP contribution in [0.3, 0.4) is 0 Å². The fourth-order valence-electron chi connectivity index (χ4n) is 1.56. The van der Waals surface area contributed by atoms with E-state index < -0.39 is 36.2 Å². The van der Waals surface area contributed by atoms with Gasteiger partial charge in [-0.25, -0.2) is 4.79 Å². The van der Waals surface area contributed by atoms with Gasteiger partial charge in [0, 0.05) is 0 Å². The fourth-order valence-corrected chi connectivity index (χ4v) is 1.56. The van der Waals surface area contributed by atoms with Crippen LogP contribution in [0.4, 0.5) is 13.2 Å². The van der Waals surface area contributed by atoms with Crippen molar-refractivity contribution in [1.29, 1.82) is 0 Å². The lowest BCUT2D eigenvalue weighted by Crippen LogP contribution is -2.35. The van der Waals surface area contributed by atoms with Crippen LogP contribution in [0.5, 0.6) is 5.75 Å². The van der Waals surface area contributed by atoms with Gasteiger partial charge in [-0.3, -0.25) is 4.79 Å². The number of rotatable bonds is 5. The van der Waals surface area contributed by atoms with Crippen molar-refractivity contribution in [2.75, 3.05) is 6.61 Å². The van der Waals surface area contributed by atoms with Crippen molar-refractivity contribution < 1.29 is 37.3 Å². The molecule has 1 aromatic rings. The summed E-state index contributed by atoms with van der Waals surface area (Å²) in [6.45, 7) is 4.22. The minimum Gasteiger partial charge on any atom is -0.488 e. The zero-order valence-electron chi connectivity index (χ0n) is 12.8. The van der Waals surface area contributed by atoms with Crippen LogP contribution in [0.15, 0.2) is 24.3 Å². The van der Waals surface area contributed by atoms with Crippen molar-refractivity contribution in [2.45, 2.75) is 32.5 Å². The summed E-state index contributed by atoms with van der Waals surface area (Å²) >= 11 is 0. The summed E-state index contributed by atoms with van der Waals surface area (Å²) in [5.41, 5.74) is -0.443. The number of benzene rings is 1. The van der Waals surface area contributed by atoms with Crippen LogP contribution in [0.2, 0.25) is 0 Å². The summed E-state index contributed by atoms with van der Waals surface area (Å²) in [7, 11) is 0. The highest BCUT2D eigenvalue weighted by molar-refractivity contribution is 5.89. The average Bonchev–Trinajstić information content (AvgIpc) is 2.35. The number of alkyl halides is 3. The zero-order valence-corrected chi connectivity index (χ0v) is 12.8. The van der Waals surface area contributed by atoms with E-state index in [1.54, 1.807) is 0 Å². The SMILES string of the molecule is CC(C)(C)Oc1ccc(C(=O)OCC(C(=O)O)C(F)(F)F)cc1. The number of aliphatic carboxylic acids is 1. The molecule has 1 N–H and O–H groups in total. The Balaban J connectivity index is 2.70. The molecule has 0 radical (unpaired) electrons. The molecule has 23 heavy (non-hydrogen) atoms. The molecule has 0 bridgehead atoms. The van der Waals surface area contributed by atoms with Crippen molar-refractivity contribution in [3.63, 3.8) is 0 Å². The third-order valence-corrected chi connectivity index (χ3v) is 2.59. The highest BCUT2D eigenvalue weighted by Gasteiger charge is 2.46. The monoisotopic (exact) mass is 334 g/mol. The van der Waals surface area contributed by atoms with Gasteiger partial charge in [0.2, 0.25) is 0 Å². The van der Waals surface area contributed by atoms with E-state index in [0.717, 1.165) is 0 Å². The van der Waals surface area contributed by atoms with E-state index in [1.807, 2.05) is 20.8 Å². The number of hydrogen-bond donors (Lipinski definition) is 1. The second kappa shape index (κ2) is 6.89. The van der Waals surface area contributed by atoms with Crippen molar-refractivity contribution in [3.8, 4) is 5.75 Å². The van der Waals surface area contributed by atoms with E-state index in [1.165, 1.54) is 24.3 Å². The summed E-state index contributed by atoms with van der Waals surface area (Å²) in [5, 5.41) is 8.51. The zero-order chi connectivity index (χ0) is 17.8. The van der Waals surface area contributed by atoms with E-state index in [2.05, 4.69) is 4.74 Å². The van der Waals surface area contributed by atoms with Gasteiger partial charge in [0.1, 0.15) is 18.0 Å². The first-order valence-corrected chi connectivity index (χ1v) is 6.66. The Bertz CT molecular complexity index is 558. The van der Waals surface area contributed by atoms with Gasteiger partial charge in [0.05, 0.1) is 5.56 Å². The summed E-state index contributed by atoms with van der Waals surface area (Å²) in [6, 6.07) is 5.60. The largest absolute Gasteiger partial charge is 0.488 e. The first kappa shape index (κ1) is 18.8. The molecule has 0 saturated heterocycles. The number of carbonyl (C=O) groups is 2. The summed E-state index contributed by atoms with van der Waals surface area (Å²) in [4.78, 5) is 22.2. The fraction of sp³-hybridized carbons (Fsp3) is 0.467. The molecule has 1 aromatic carbocycles. The summed E-state index contributed by atoms with van der Waals surface area (Å²) in [6.07, 6.45) is -4.99. The van der Waals surface area contributed by atoms with Crippen LogP contribution in [0, 0.1) is 5.92 Å². The summed E-state index contributed by atoms with van der Waals surface area (Å²) in [5.74, 6) is -5.41. The molecule has 8 heteroatoms. The molecule has 0 heterocycles. The van der Waals surface area contributed by atoms with Gasteiger partial charge >= 0.3 is 18.1 Å². The van der Waals surface area contributed by atoms with Gasteiger partial charge in [-0.1, -0.05) is 0 Å². The van der Waals surface area contributed by atoms with E-state index >= 15 is 0 Å². The first-order chi connectivity index (χ1) is 10.4. The molecule has 0 fully saturated rings. The number of esters is 1. The van der Waals surface area contributed by atoms with E-state index in [4.69, 9.17) is 9.84 Å². The molecular formula is C15H17F3O5. The number of ether oxygens (including phenoxy) is 2. The lowest BCUT2D eigenvalue weighted by Gasteiger charge is -2.21. The smallest absolute Gasteiger partial charge is 0.405 e. The van der Waals surface area contributed by atoms with Crippen LogP contribution in [-0.4, -0.2) is 35.4 Å². The first-order valence-electron chi connectivity index (χ1n) is 6.66. The molecule has 5 nitrogen and oxygen atoms in total. The van der Waals surface area contributed by atoms with Crippen LogP contribution >= 0.6 is 0 Å². The van der Waals surface area contributed by atoms with Crippen LogP contribution in [-0.2, 0) is 9.53 Å². The Morgan fingerprint density at radius 2 is 1.65 bits per heavy atom. The molecule has 1 unspecified atom stereocenters. The van der Waals surface area contributed by atoms with Crippen LogP contribution in [0.1, 0.15) is 31.1 Å². The lowest BCUT2D eigenvalue weighted by molar-refractivity contribution is -0.199. The maximum atomic E-state index is 12.4. The Hall–Kier alpha value is -2.25. The molecule has 0 aliphatic rings. The van der Waals surface area contributed by atoms with Crippen molar-refractivity contribution in [3.05, 3.63) is 29.8 Å². The quantitative estimate of drug-likeness (QED) is 0.837. The van der Waals surface area contributed by atoms with Gasteiger partial charge in [-0.05, 0) is 45.0 Å². The molecule has 0 amide bonds. The lowest BCUT2D eigenvalue weighted by atomic mass is 10.1. The molecule has 1 rings (SSSR count). The Morgan fingerprint density at radius 3 is 2.04 bits per heavy atom. The second-order valence-electron chi connectivity index (χ2n) is 5.77. The van der Waals surface area contributed by atoms with Crippen LogP contribution < -0.4 is 4.74 Å². The van der Waals surface area contributed by atoms with E-state index in [-0.39, 0.29) is 5.56 Å². The van der Waals surface area contributed by atoms with Gasteiger partial charge in [-0.2, -0.15) is 13.2 Å². The van der Waals surface area contributed by atoms with Gasteiger partial charge < -0.3 is 14.6 Å². The van der Waals surface area contributed by atoms with Crippen molar-refractivity contribution in [1.82, 2.24) is 0 Å². The van der Waals surface area contributed by atoms with Crippen molar-refractivity contribution in [2.24, 2.45) is 5.92 Å². The minimum atomic E-state index is -4.99. The number of carboxylic acids is 1. The number of hydrogen-bond acceptors (Lipinski definition) is 4. The van der Waals surface area contributed by atoms with E-state index in [0.29, 0.717) is 5.75 Å². The maximum absolute atomic E-state index is 12.4. The third-order valence-electron chi connectivity index (χ3n) is 2.59. The Morgan fingerprint density at radius 1 is 1.13 bits per heavy atom. The number of carboxylic acid groups (broad SMARTS) is 1. The average molecular weight is 334 g/mol. The summed E-state index contributed by atoms with van der Waals surface area (Å²) < 4.78 is 47.3. The van der Waals surface area contributed by atoms with Gasteiger partial charge in [-0.15, -0.1) is 0 Å².